The minimum absolute atomic E-state index is 0.576. The zero-order valence-corrected chi connectivity index (χ0v) is 10.3. The van der Waals surface area contributed by atoms with E-state index < -0.39 is 15.9 Å². The molecule has 0 aliphatic rings. The fraction of sp³-hybridized carbons (Fsp3) is 0.500. The molecule has 0 aromatic carbocycles. The summed E-state index contributed by atoms with van der Waals surface area (Å²) in [6.45, 7) is 3.36. The molecule has 4 nitrogen and oxygen atoms in total. The second-order valence-electron chi connectivity index (χ2n) is 2.64. The Labute approximate surface area is 102 Å². The van der Waals surface area contributed by atoms with Gasteiger partial charge in [-0.25, -0.2) is 4.79 Å². The molecule has 1 atom stereocenters. The SMILES string of the molecule is C/C=C(\C)[C@@H](OC(=O)C=[N+]=[N-])C(Cl)(Cl)Cl. The Hall–Kier alpha value is -0.540. The van der Waals surface area contributed by atoms with Gasteiger partial charge in [0.15, 0.2) is 6.10 Å². The summed E-state index contributed by atoms with van der Waals surface area (Å²) < 4.78 is 3.03. The molecule has 0 aromatic heterocycles. The van der Waals surface area contributed by atoms with E-state index in [1.165, 1.54) is 0 Å². The number of ether oxygens (including phenoxy) is 1. The number of nitrogens with zero attached hydrogens (tertiary/aromatic N) is 2. The highest BCUT2D eigenvalue weighted by Gasteiger charge is 2.37. The lowest BCUT2D eigenvalue weighted by Gasteiger charge is -2.23. The Bertz CT molecular complexity index is 316. The number of carbonyl (C=O) groups excluding carboxylic acids is 1. The van der Waals surface area contributed by atoms with Crippen LogP contribution in [-0.4, -0.2) is 26.9 Å². The van der Waals surface area contributed by atoms with Gasteiger partial charge in [0, 0.05) is 0 Å². The molecule has 7 heteroatoms. The van der Waals surface area contributed by atoms with Crippen molar-refractivity contribution in [2.24, 2.45) is 0 Å². The molecule has 15 heavy (non-hydrogen) atoms. The molecular formula is C8H9Cl3N2O2. The minimum atomic E-state index is -1.77. The smallest absolute Gasteiger partial charge is 0.414 e. The summed E-state index contributed by atoms with van der Waals surface area (Å²) in [6.07, 6.45) is 1.21. The van der Waals surface area contributed by atoms with Crippen LogP contribution in [0.1, 0.15) is 13.8 Å². The van der Waals surface area contributed by atoms with Gasteiger partial charge in [-0.15, -0.1) is 0 Å². The van der Waals surface area contributed by atoms with Crippen molar-refractivity contribution < 1.29 is 14.3 Å². The first kappa shape index (κ1) is 14.5. The fourth-order valence-electron chi connectivity index (χ4n) is 0.763. The third kappa shape index (κ3) is 5.19. The van der Waals surface area contributed by atoms with Crippen molar-refractivity contribution >= 4 is 47.0 Å². The predicted molar refractivity (Wildman–Crippen MR) is 59.3 cm³/mol. The van der Waals surface area contributed by atoms with Gasteiger partial charge < -0.3 is 10.3 Å². The van der Waals surface area contributed by atoms with Crippen LogP contribution >= 0.6 is 34.8 Å². The van der Waals surface area contributed by atoms with Crippen LogP contribution in [0.15, 0.2) is 11.6 Å². The number of allylic oxidation sites excluding steroid dienone is 1. The Morgan fingerprint density at radius 1 is 1.53 bits per heavy atom. The largest absolute Gasteiger partial charge is 0.445 e. The number of carbonyl (C=O) groups is 1. The topological polar surface area (TPSA) is 62.7 Å². The molecule has 0 bridgehead atoms. The van der Waals surface area contributed by atoms with Crippen LogP contribution in [0.4, 0.5) is 0 Å². The van der Waals surface area contributed by atoms with Crippen molar-refractivity contribution in [3.8, 4) is 0 Å². The van der Waals surface area contributed by atoms with E-state index >= 15 is 0 Å². The highest BCUT2D eigenvalue weighted by Crippen LogP contribution is 2.35. The maximum Gasteiger partial charge on any atom is 0.414 e. The van der Waals surface area contributed by atoms with Crippen LogP contribution in [0, 0.1) is 0 Å². The van der Waals surface area contributed by atoms with Crippen LogP contribution in [0.3, 0.4) is 0 Å². The highest BCUT2D eigenvalue weighted by molar-refractivity contribution is 6.68. The normalized spacial score (nSPS) is 14.1. The summed E-state index contributed by atoms with van der Waals surface area (Å²) in [6, 6.07) is 0. The lowest BCUT2D eigenvalue weighted by atomic mass is 10.2. The molecule has 0 unspecified atom stereocenters. The van der Waals surface area contributed by atoms with Crippen molar-refractivity contribution in [1.29, 1.82) is 0 Å². The van der Waals surface area contributed by atoms with Crippen molar-refractivity contribution in [3.63, 3.8) is 0 Å². The summed E-state index contributed by atoms with van der Waals surface area (Å²) in [5, 5.41) is 0. The molecule has 0 amide bonds. The van der Waals surface area contributed by atoms with Crippen molar-refractivity contribution in [1.82, 2.24) is 0 Å². The monoisotopic (exact) mass is 270 g/mol. The molecule has 0 radical (unpaired) electrons. The van der Waals surface area contributed by atoms with Gasteiger partial charge in [0.1, 0.15) is 0 Å². The minimum Gasteiger partial charge on any atom is -0.445 e. The molecular weight excluding hydrogens is 262 g/mol. The van der Waals surface area contributed by atoms with Gasteiger partial charge in [-0.2, -0.15) is 4.79 Å². The second kappa shape index (κ2) is 6.13. The van der Waals surface area contributed by atoms with E-state index in [0.717, 1.165) is 0 Å². The van der Waals surface area contributed by atoms with Crippen molar-refractivity contribution in [2.75, 3.05) is 0 Å². The van der Waals surface area contributed by atoms with Gasteiger partial charge in [0.25, 0.3) is 0 Å². The van der Waals surface area contributed by atoms with E-state index in [1.54, 1.807) is 19.9 Å². The second-order valence-corrected chi connectivity index (χ2v) is 5.00. The van der Waals surface area contributed by atoms with E-state index in [1.807, 2.05) is 0 Å². The quantitative estimate of drug-likeness (QED) is 0.198. The zero-order chi connectivity index (χ0) is 12.1. The van der Waals surface area contributed by atoms with Gasteiger partial charge >= 0.3 is 12.2 Å². The van der Waals surface area contributed by atoms with Crippen LogP contribution in [0.2, 0.25) is 0 Å². The van der Waals surface area contributed by atoms with E-state index in [4.69, 9.17) is 45.1 Å². The molecule has 0 aliphatic carbocycles. The Kier molecular flexibility index (Phi) is 5.91. The summed E-state index contributed by atoms with van der Waals surface area (Å²) in [7, 11) is 0. The molecule has 0 aliphatic heterocycles. The van der Waals surface area contributed by atoms with E-state index in [-0.39, 0.29) is 0 Å². The first-order chi connectivity index (χ1) is 6.82. The number of hydrogen-bond donors (Lipinski definition) is 0. The highest BCUT2D eigenvalue weighted by atomic mass is 35.6. The molecule has 0 N–H and O–H groups in total. The summed E-state index contributed by atoms with van der Waals surface area (Å²) in [4.78, 5) is 13.5. The maximum atomic E-state index is 11.0. The molecule has 0 rings (SSSR count). The van der Waals surface area contributed by atoms with Crippen LogP contribution in [-0.2, 0) is 9.53 Å². The number of halogens is 3. The first-order valence-electron chi connectivity index (χ1n) is 3.90. The number of esters is 1. The Morgan fingerprint density at radius 2 is 2.07 bits per heavy atom. The summed E-state index contributed by atoms with van der Waals surface area (Å²) >= 11 is 16.9. The third-order valence-electron chi connectivity index (χ3n) is 1.56. The molecule has 84 valence electrons. The van der Waals surface area contributed by atoms with Crippen molar-refractivity contribution in [3.05, 3.63) is 17.2 Å². The van der Waals surface area contributed by atoms with Gasteiger partial charge in [0.2, 0.25) is 3.79 Å². The van der Waals surface area contributed by atoms with Gasteiger partial charge in [-0.3, -0.25) is 0 Å². The predicted octanol–water partition coefficient (Wildman–Crippen LogP) is 2.54. The molecule has 0 aromatic rings. The fourth-order valence-corrected chi connectivity index (χ4v) is 1.41. The molecule has 0 heterocycles. The molecule has 0 saturated heterocycles. The lowest BCUT2D eigenvalue weighted by molar-refractivity contribution is -0.142. The Balaban J connectivity index is 4.83. The molecule has 0 saturated carbocycles. The standard InChI is InChI=1S/C8H9Cl3N2O2/c1-3-5(2)7(8(9,10)11)15-6(14)4-13-12/h3-4,7H,1-2H3/b5-3+/t7-/m1/s1. The van der Waals surface area contributed by atoms with Crippen LogP contribution in [0.5, 0.6) is 0 Å². The van der Waals surface area contributed by atoms with Gasteiger partial charge in [-0.1, -0.05) is 40.9 Å². The van der Waals surface area contributed by atoms with Gasteiger partial charge in [-0.05, 0) is 19.4 Å². The van der Waals surface area contributed by atoms with E-state index in [2.05, 4.69) is 4.79 Å². The van der Waals surface area contributed by atoms with E-state index in [0.29, 0.717) is 11.8 Å². The average Bonchev–Trinajstić information content (AvgIpc) is 2.12. The number of rotatable bonds is 3. The Morgan fingerprint density at radius 3 is 2.40 bits per heavy atom. The summed E-state index contributed by atoms with van der Waals surface area (Å²) in [5.41, 5.74) is 8.68. The first-order valence-corrected chi connectivity index (χ1v) is 5.04. The van der Waals surface area contributed by atoms with Gasteiger partial charge in [0.05, 0.1) is 0 Å². The lowest BCUT2D eigenvalue weighted by Crippen LogP contribution is -2.32. The zero-order valence-electron chi connectivity index (χ0n) is 8.08. The summed E-state index contributed by atoms with van der Waals surface area (Å²) in [5.74, 6) is -0.893. The number of alkyl halides is 3. The molecule has 0 fully saturated rings. The van der Waals surface area contributed by atoms with Crippen molar-refractivity contribution in [2.45, 2.75) is 23.7 Å². The maximum absolute atomic E-state index is 11.0. The van der Waals surface area contributed by atoms with Crippen LogP contribution < -0.4 is 0 Å². The third-order valence-corrected chi connectivity index (χ3v) is 2.16. The van der Waals surface area contributed by atoms with E-state index in [9.17, 15) is 4.79 Å². The number of hydrogen-bond acceptors (Lipinski definition) is 2. The molecule has 0 spiro atoms. The van der Waals surface area contributed by atoms with Crippen LogP contribution in [0.25, 0.3) is 5.53 Å². The average molecular weight is 272 g/mol.